The molecule has 0 saturated heterocycles. The van der Waals surface area contributed by atoms with Gasteiger partial charge in [-0.15, -0.1) is 0 Å². The SMILES string of the molecule is CC.[B]c1ccc(C)cc1CCC1CC1. The lowest BCUT2D eigenvalue weighted by Gasteiger charge is -2.06. The third-order valence-electron chi connectivity index (χ3n) is 2.82. The highest BCUT2D eigenvalue weighted by atomic mass is 14.3. The summed E-state index contributed by atoms with van der Waals surface area (Å²) in [5, 5.41) is 0. The molecule has 0 unspecified atom stereocenters. The fourth-order valence-corrected chi connectivity index (χ4v) is 1.72. The lowest BCUT2D eigenvalue weighted by molar-refractivity contribution is 0.728. The van der Waals surface area contributed by atoms with Crippen LogP contribution in [0.2, 0.25) is 0 Å². The van der Waals surface area contributed by atoms with Crippen LogP contribution in [0, 0.1) is 12.8 Å². The van der Waals surface area contributed by atoms with Crippen molar-refractivity contribution in [2.24, 2.45) is 5.92 Å². The van der Waals surface area contributed by atoms with Gasteiger partial charge >= 0.3 is 0 Å². The molecule has 1 aromatic carbocycles. The standard InChI is InChI=1S/C12H15B.C2H6/c1-9-2-7-12(13)11(8-9)6-5-10-3-4-10;1-2/h2,7-8,10H,3-6H2,1H3;1-2H3. The predicted molar refractivity (Wildman–Crippen MR) is 69.0 cm³/mol. The van der Waals surface area contributed by atoms with Gasteiger partial charge in [0.1, 0.15) is 7.85 Å². The molecule has 2 radical (unpaired) electrons. The lowest BCUT2D eigenvalue weighted by atomic mass is 9.87. The smallest absolute Gasteiger partial charge is 0.0935 e. The first kappa shape index (κ1) is 12.4. The Balaban J connectivity index is 0.000000531. The van der Waals surface area contributed by atoms with Crippen molar-refractivity contribution >= 4 is 13.3 Å². The van der Waals surface area contributed by atoms with Crippen LogP contribution >= 0.6 is 0 Å². The Morgan fingerprint density at radius 3 is 2.53 bits per heavy atom. The van der Waals surface area contributed by atoms with Gasteiger partial charge in [0.15, 0.2) is 0 Å². The molecule has 1 saturated carbocycles. The largest absolute Gasteiger partial charge is 0.114 e. The fourth-order valence-electron chi connectivity index (χ4n) is 1.72. The Morgan fingerprint density at radius 1 is 1.27 bits per heavy atom. The van der Waals surface area contributed by atoms with Crippen molar-refractivity contribution in [3.8, 4) is 0 Å². The normalized spacial score (nSPS) is 14.3. The highest BCUT2D eigenvalue weighted by Gasteiger charge is 2.20. The lowest BCUT2D eigenvalue weighted by Crippen LogP contribution is -2.10. The molecule has 0 N–H and O–H groups in total. The molecule has 1 fully saturated rings. The molecular formula is C14H21B. The zero-order valence-corrected chi connectivity index (χ0v) is 10.2. The van der Waals surface area contributed by atoms with Crippen LogP contribution in [0.25, 0.3) is 0 Å². The van der Waals surface area contributed by atoms with Crippen LogP contribution in [0.1, 0.15) is 44.2 Å². The Bertz CT molecular complexity index is 300. The van der Waals surface area contributed by atoms with E-state index in [1.165, 1.54) is 30.4 Å². The fraction of sp³-hybridized carbons (Fsp3) is 0.571. The molecule has 1 aliphatic rings. The van der Waals surface area contributed by atoms with E-state index < -0.39 is 0 Å². The van der Waals surface area contributed by atoms with Crippen molar-refractivity contribution in [2.75, 3.05) is 0 Å². The number of rotatable bonds is 3. The molecule has 0 aliphatic heterocycles. The highest BCUT2D eigenvalue weighted by Crippen LogP contribution is 2.33. The van der Waals surface area contributed by atoms with Gasteiger partial charge in [0.25, 0.3) is 0 Å². The molecule has 1 heteroatoms. The molecule has 1 aliphatic carbocycles. The van der Waals surface area contributed by atoms with E-state index in [0.717, 1.165) is 17.8 Å². The summed E-state index contributed by atoms with van der Waals surface area (Å²) in [5.41, 5.74) is 3.62. The molecule has 0 aromatic heterocycles. The topological polar surface area (TPSA) is 0 Å². The van der Waals surface area contributed by atoms with Crippen LogP contribution in [0.4, 0.5) is 0 Å². The molecule has 15 heavy (non-hydrogen) atoms. The Hall–Kier alpha value is -0.715. The Morgan fingerprint density at radius 2 is 1.93 bits per heavy atom. The minimum absolute atomic E-state index is 0.964. The van der Waals surface area contributed by atoms with Gasteiger partial charge in [0, 0.05) is 0 Å². The molecule has 80 valence electrons. The molecule has 0 nitrogen and oxygen atoms in total. The quantitative estimate of drug-likeness (QED) is 0.657. The van der Waals surface area contributed by atoms with Crippen LogP contribution in [0.3, 0.4) is 0 Å². The number of hydrogen-bond acceptors (Lipinski definition) is 0. The molecule has 1 aromatic rings. The first-order chi connectivity index (χ1) is 7.25. The first-order valence-corrected chi connectivity index (χ1v) is 6.11. The van der Waals surface area contributed by atoms with E-state index in [-0.39, 0.29) is 0 Å². The van der Waals surface area contributed by atoms with Gasteiger partial charge in [-0.3, -0.25) is 0 Å². The summed E-state index contributed by atoms with van der Waals surface area (Å²) in [6.45, 7) is 6.13. The van der Waals surface area contributed by atoms with E-state index in [4.69, 9.17) is 7.85 Å². The van der Waals surface area contributed by atoms with E-state index in [0.29, 0.717) is 0 Å². The summed E-state index contributed by atoms with van der Waals surface area (Å²) in [7, 11) is 5.90. The first-order valence-electron chi connectivity index (χ1n) is 6.11. The van der Waals surface area contributed by atoms with E-state index in [2.05, 4.69) is 19.1 Å². The van der Waals surface area contributed by atoms with E-state index in [1.807, 2.05) is 19.9 Å². The van der Waals surface area contributed by atoms with E-state index in [1.54, 1.807) is 0 Å². The second-order valence-electron chi connectivity index (χ2n) is 4.18. The summed E-state index contributed by atoms with van der Waals surface area (Å²) in [6.07, 6.45) is 5.36. The van der Waals surface area contributed by atoms with Crippen LogP contribution in [-0.2, 0) is 6.42 Å². The maximum Gasteiger partial charge on any atom is 0.114 e. The van der Waals surface area contributed by atoms with E-state index >= 15 is 0 Å². The van der Waals surface area contributed by atoms with Gasteiger partial charge in [0.05, 0.1) is 0 Å². The molecular weight excluding hydrogens is 179 g/mol. The number of benzene rings is 1. The van der Waals surface area contributed by atoms with Crippen molar-refractivity contribution in [2.45, 2.75) is 46.5 Å². The van der Waals surface area contributed by atoms with Crippen molar-refractivity contribution in [3.63, 3.8) is 0 Å². The Labute approximate surface area is 95.5 Å². The van der Waals surface area contributed by atoms with Gasteiger partial charge in [-0.2, -0.15) is 0 Å². The molecule has 0 spiro atoms. The third-order valence-corrected chi connectivity index (χ3v) is 2.82. The molecule has 0 bridgehead atoms. The minimum Gasteiger partial charge on any atom is -0.0935 e. The second kappa shape index (κ2) is 6.00. The van der Waals surface area contributed by atoms with Crippen LogP contribution < -0.4 is 5.46 Å². The molecule has 0 amide bonds. The summed E-state index contributed by atoms with van der Waals surface area (Å²) in [6, 6.07) is 6.32. The monoisotopic (exact) mass is 200 g/mol. The van der Waals surface area contributed by atoms with Crippen LogP contribution in [-0.4, -0.2) is 7.85 Å². The summed E-state index contributed by atoms with van der Waals surface area (Å²) in [4.78, 5) is 0. The molecule has 0 heterocycles. The predicted octanol–water partition coefficient (Wildman–Crippen LogP) is 3.16. The Kier molecular flexibility index (Phi) is 4.94. The third kappa shape index (κ3) is 4.11. The highest BCUT2D eigenvalue weighted by molar-refractivity contribution is 6.33. The van der Waals surface area contributed by atoms with Gasteiger partial charge in [-0.1, -0.05) is 61.5 Å². The molecule has 0 atom stereocenters. The van der Waals surface area contributed by atoms with E-state index in [9.17, 15) is 0 Å². The van der Waals surface area contributed by atoms with Crippen molar-refractivity contribution in [1.29, 1.82) is 0 Å². The average molecular weight is 200 g/mol. The maximum absolute atomic E-state index is 5.90. The summed E-state index contributed by atoms with van der Waals surface area (Å²) in [5.74, 6) is 1.000. The van der Waals surface area contributed by atoms with Gasteiger partial charge < -0.3 is 0 Å². The summed E-state index contributed by atoms with van der Waals surface area (Å²) >= 11 is 0. The average Bonchev–Trinajstić information content (AvgIpc) is 3.06. The van der Waals surface area contributed by atoms with Crippen LogP contribution in [0.15, 0.2) is 18.2 Å². The molecule has 2 rings (SSSR count). The summed E-state index contributed by atoms with van der Waals surface area (Å²) < 4.78 is 0. The van der Waals surface area contributed by atoms with Crippen molar-refractivity contribution in [1.82, 2.24) is 0 Å². The minimum atomic E-state index is 0.964. The zero-order chi connectivity index (χ0) is 11.3. The van der Waals surface area contributed by atoms with Crippen molar-refractivity contribution < 1.29 is 0 Å². The number of hydrogen-bond donors (Lipinski definition) is 0. The zero-order valence-electron chi connectivity index (χ0n) is 10.2. The van der Waals surface area contributed by atoms with Gasteiger partial charge in [0.2, 0.25) is 0 Å². The van der Waals surface area contributed by atoms with Crippen LogP contribution in [0.5, 0.6) is 0 Å². The van der Waals surface area contributed by atoms with Crippen molar-refractivity contribution in [3.05, 3.63) is 29.3 Å². The van der Waals surface area contributed by atoms with Gasteiger partial charge in [-0.05, 0) is 25.7 Å². The maximum atomic E-state index is 5.90. The van der Waals surface area contributed by atoms with Gasteiger partial charge in [-0.25, -0.2) is 0 Å². The second-order valence-corrected chi connectivity index (χ2v) is 4.18. The number of aryl methyl sites for hydroxylation is 2.